The standard InChI is InChI=1S/C22H23N5O4/c1-30-17-8-4-15(5-9-17)22-24-19(25-26-22)13-23-20(28)14-31-18-10-6-16(7-11-18)27-12-2-3-21(27)29/h4-11H,2-3,12-14H2,1H3,(H,23,28)(H,24,25,26). The summed E-state index contributed by atoms with van der Waals surface area (Å²) in [5, 5.41) is 9.73. The second-order valence-corrected chi connectivity index (χ2v) is 7.04. The lowest BCUT2D eigenvalue weighted by Crippen LogP contribution is -2.28. The van der Waals surface area contributed by atoms with Crippen molar-refractivity contribution in [2.24, 2.45) is 0 Å². The Morgan fingerprint density at radius 3 is 2.55 bits per heavy atom. The minimum absolute atomic E-state index is 0.124. The smallest absolute Gasteiger partial charge is 0.258 e. The second kappa shape index (κ2) is 9.29. The first kappa shape index (κ1) is 20.4. The van der Waals surface area contributed by atoms with E-state index < -0.39 is 0 Å². The largest absolute Gasteiger partial charge is 0.497 e. The molecule has 1 saturated heterocycles. The van der Waals surface area contributed by atoms with Crippen LogP contribution in [0.1, 0.15) is 18.7 Å². The fourth-order valence-electron chi connectivity index (χ4n) is 3.27. The summed E-state index contributed by atoms with van der Waals surface area (Å²) in [7, 11) is 1.61. The summed E-state index contributed by atoms with van der Waals surface area (Å²) in [5.74, 6) is 2.26. The molecule has 0 aliphatic carbocycles. The third-order valence-electron chi connectivity index (χ3n) is 4.92. The summed E-state index contributed by atoms with van der Waals surface area (Å²) >= 11 is 0. The summed E-state index contributed by atoms with van der Waals surface area (Å²) < 4.78 is 10.7. The highest BCUT2D eigenvalue weighted by Gasteiger charge is 2.21. The Kier molecular flexibility index (Phi) is 6.11. The van der Waals surface area contributed by atoms with Gasteiger partial charge in [-0.3, -0.25) is 14.7 Å². The maximum atomic E-state index is 12.1. The number of amides is 2. The lowest BCUT2D eigenvalue weighted by atomic mass is 10.2. The first-order valence-corrected chi connectivity index (χ1v) is 9.98. The minimum Gasteiger partial charge on any atom is -0.497 e. The van der Waals surface area contributed by atoms with Gasteiger partial charge in [0, 0.05) is 24.2 Å². The van der Waals surface area contributed by atoms with Gasteiger partial charge in [0.25, 0.3) is 5.91 Å². The van der Waals surface area contributed by atoms with Gasteiger partial charge in [0.15, 0.2) is 12.4 Å². The van der Waals surface area contributed by atoms with Crippen LogP contribution in [0.15, 0.2) is 48.5 Å². The number of H-pyrrole nitrogens is 1. The van der Waals surface area contributed by atoms with E-state index in [0.717, 1.165) is 30.0 Å². The molecular weight excluding hydrogens is 398 g/mol. The SMILES string of the molecule is COc1ccc(-c2n[nH]c(CNC(=O)COc3ccc(N4CCCC4=O)cc3)n2)cc1. The molecule has 0 radical (unpaired) electrons. The third-order valence-corrected chi connectivity index (χ3v) is 4.92. The molecule has 160 valence electrons. The van der Waals surface area contributed by atoms with Crippen LogP contribution in [0.2, 0.25) is 0 Å². The summed E-state index contributed by atoms with van der Waals surface area (Å²) in [6, 6.07) is 14.6. The van der Waals surface area contributed by atoms with Crippen LogP contribution < -0.4 is 19.7 Å². The predicted molar refractivity (Wildman–Crippen MR) is 114 cm³/mol. The van der Waals surface area contributed by atoms with Crippen molar-refractivity contribution in [2.75, 3.05) is 25.2 Å². The van der Waals surface area contributed by atoms with Crippen LogP contribution in [0.3, 0.4) is 0 Å². The topological polar surface area (TPSA) is 109 Å². The lowest BCUT2D eigenvalue weighted by molar-refractivity contribution is -0.123. The van der Waals surface area contributed by atoms with E-state index in [1.165, 1.54) is 0 Å². The van der Waals surface area contributed by atoms with Crippen LogP contribution in [0.4, 0.5) is 5.69 Å². The van der Waals surface area contributed by atoms with Gasteiger partial charge in [-0.15, -0.1) is 0 Å². The lowest BCUT2D eigenvalue weighted by Gasteiger charge is -2.16. The van der Waals surface area contributed by atoms with Crippen LogP contribution in [0, 0.1) is 0 Å². The first-order chi connectivity index (χ1) is 15.1. The van der Waals surface area contributed by atoms with E-state index in [9.17, 15) is 9.59 Å². The number of nitrogens with one attached hydrogen (secondary N) is 2. The number of aromatic amines is 1. The number of anilines is 1. The molecule has 3 aromatic rings. The van der Waals surface area contributed by atoms with E-state index in [1.807, 2.05) is 36.4 Å². The maximum absolute atomic E-state index is 12.1. The number of aromatic nitrogens is 3. The Balaban J connectivity index is 1.24. The highest BCUT2D eigenvalue weighted by atomic mass is 16.5. The van der Waals surface area contributed by atoms with Crippen LogP contribution in [0.25, 0.3) is 11.4 Å². The maximum Gasteiger partial charge on any atom is 0.258 e. The van der Waals surface area contributed by atoms with Gasteiger partial charge in [-0.05, 0) is 55.0 Å². The quantitative estimate of drug-likeness (QED) is 0.578. The van der Waals surface area contributed by atoms with Gasteiger partial charge in [0.1, 0.15) is 17.3 Å². The number of hydrogen-bond acceptors (Lipinski definition) is 6. The van der Waals surface area contributed by atoms with E-state index in [-0.39, 0.29) is 25.0 Å². The molecule has 9 heteroatoms. The van der Waals surface area contributed by atoms with Crippen LogP contribution in [-0.4, -0.2) is 47.3 Å². The van der Waals surface area contributed by atoms with Crippen molar-refractivity contribution in [1.29, 1.82) is 0 Å². The molecule has 1 aliphatic rings. The Morgan fingerprint density at radius 1 is 1.13 bits per heavy atom. The summed E-state index contributed by atoms with van der Waals surface area (Å²) in [6.45, 7) is 0.825. The molecule has 1 aromatic heterocycles. The van der Waals surface area contributed by atoms with Gasteiger partial charge in [-0.1, -0.05) is 0 Å². The van der Waals surface area contributed by atoms with Crippen LogP contribution in [-0.2, 0) is 16.1 Å². The molecule has 0 saturated carbocycles. The van der Waals surface area contributed by atoms with E-state index >= 15 is 0 Å². The van der Waals surface area contributed by atoms with Crippen molar-refractivity contribution in [2.45, 2.75) is 19.4 Å². The number of nitrogens with zero attached hydrogens (tertiary/aromatic N) is 3. The van der Waals surface area contributed by atoms with E-state index in [4.69, 9.17) is 9.47 Å². The predicted octanol–water partition coefficient (Wildman–Crippen LogP) is 2.30. The number of methoxy groups -OCH3 is 1. The molecule has 0 bridgehead atoms. The number of rotatable bonds is 8. The monoisotopic (exact) mass is 421 g/mol. The number of benzene rings is 2. The second-order valence-electron chi connectivity index (χ2n) is 7.04. The van der Waals surface area contributed by atoms with Gasteiger partial charge in [-0.2, -0.15) is 5.10 Å². The summed E-state index contributed by atoms with van der Waals surface area (Å²) in [4.78, 5) is 30.0. The minimum atomic E-state index is -0.277. The average molecular weight is 421 g/mol. The molecule has 0 atom stereocenters. The highest BCUT2D eigenvalue weighted by Crippen LogP contribution is 2.24. The summed E-state index contributed by atoms with van der Waals surface area (Å²) in [6.07, 6.45) is 1.47. The van der Waals surface area contributed by atoms with E-state index in [0.29, 0.717) is 23.8 Å². The highest BCUT2D eigenvalue weighted by molar-refractivity contribution is 5.95. The number of carbonyl (C=O) groups is 2. The first-order valence-electron chi connectivity index (χ1n) is 9.98. The normalized spacial score (nSPS) is 13.3. The fraction of sp³-hybridized carbons (Fsp3) is 0.273. The van der Waals surface area contributed by atoms with Crippen molar-refractivity contribution in [1.82, 2.24) is 20.5 Å². The van der Waals surface area contributed by atoms with Crippen molar-refractivity contribution < 1.29 is 19.1 Å². The molecule has 2 heterocycles. The van der Waals surface area contributed by atoms with Gasteiger partial charge in [-0.25, -0.2) is 4.98 Å². The average Bonchev–Trinajstić information content (AvgIpc) is 3.46. The van der Waals surface area contributed by atoms with Gasteiger partial charge >= 0.3 is 0 Å². The van der Waals surface area contributed by atoms with Crippen molar-refractivity contribution in [3.8, 4) is 22.9 Å². The van der Waals surface area contributed by atoms with Crippen molar-refractivity contribution in [3.05, 3.63) is 54.4 Å². The molecule has 2 aromatic carbocycles. The van der Waals surface area contributed by atoms with Crippen LogP contribution >= 0.6 is 0 Å². The zero-order valence-corrected chi connectivity index (χ0v) is 17.1. The Bertz CT molecular complexity index is 1050. The Morgan fingerprint density at radius 2 is 1.87 bits per heavy atom. The summed E-state index contributed by atoms with van der Waals surface area (Å²) in [5.41, 5.74) is 1.69. The van der Waals surface area contributed by atoms with Gasteiger partial charge in [0.2, 0.25) is 5.91 Å². The number of ether oxygens (including phenoxy) is 2. The molecule has 9 nitrogen and oxygen atoms in total. The molecule has 1 fully saturated rings. The van der Waals surface area contributed by atoms with Crippen molar-refractivity contribution >= 4 is 17.5 Å². The molecule has 0 unspecified atom stereocenters. The number of hydrogen-bond donors (Lipinski definition) is 2. The zero-order chi connectivity index (χ0) is 21.6. The Labute approximate surface area is 179 Å². The molecular formula is C22H23N5O4. The molecule has 2 N–H and O–H groups in total. The third kappa shape index (κ3) is 5.00. The van der Waals surface area contributed by atoms with Gasteiger partial charge in [0.05, 0.1) is 13.7 Å². The molecule has 31 heavy (non-hydrogen) atoms. The van der Waals surface area contributed by atoms with Crippen molar-refractivity contribution in [3.63, 3.8) is 0 Å². The zero-order valence-electron chi connectivity index (χ0n) is 17.1. The molecule has 4 rings (SSSR count). The van der Waals surface area contributed by atoms with E-state index in [1.54, 1.807) is 24.1 Å². The number of carbonyl (C=O) groups excluding carboxylic acids is 2. The molecule has 1 aliphatic heterocycles. The fourth-order valence-corrected chi connectivity index (χ4v) is 3.27. The van der Waals surface area contributed by atoms with E-state index in [2.05, 4.69) is 20.5 Å². The van der Waals surface area contributed by atoms with Crippen LogP contribution in [0.5, 0.6) is 11.5 Å². The molecule has 0 spiro atoms. The molecule has 2 amide bonds. The van der Waals surface area contributed by atoms with Gasteiger partial charge < -0.3 is 19.7 Å². The Hall–Kier alpha value is -3.88.